The van der Waals surface area contributed by atoms with Crippen molar-refractivity contribution in [2.45, 2.75) is 30.9 Å². The molecule has 34 heavy (non-hydrogen) atoms. The summed E-state index contributed by atoms with van der Waals surface area (Å²) in [6.07, 6.45) is -0.135. The van der Waals surface area contributed by atoms with E-state index in [-0.39, 0.29) is 40.3 Å². The van der Waals surface area contributed by atoms with Crippen LogP contribution in [0.25, 0.3) is 0 Å². The Morgan fingerprint density at radius 3 is 2.59 bits per heavy atom. The fraction of sp³-hybridized carbons (Fsp3) is 0.458. The lowest BCUT2D eigenvalue weighted by Crippen LogP contribution is -2.44. The van der Waals surface area contributed by atoms with Crippen LogP contribution in [0.2, 0.25) is 0 Å². The highest BCUT2D eigenvalue weighted by atomic mass is 32.2. The SMILES string of the molecule is COc1ccccc1S(=O)(=O)Nc1ccc2c(c1)OC[C@H](C)NC[C@H](C)[C@@H](OC)CN(C)C2=O. The number of likely N-dealkylation sites (N-methyl/N-ethyl adjacent to an activating group) is 1. The van der Waals surface area contributed by atoms with Crippen molar-refractivity contribution in [1.29, 1.82) is 0 Å². The van der Waals surface area contributed by atoms with E-state index in [2.05, 4.69) is 17.0 Å². The Hall–Kier alpha value is -2.82. The molecule has 0 aromatic heterocycles. The van der Waals surface area contributed by atoms with Crippen molar-refractivity contribution < 1.29 is 27.4 Å². The van der Waals surface area contributed by atoms with Crippen LogP contribution in [-0.2, 0) is 14.8 Å². The van der Waals surface area contributed by atoms with Crippen LogP contribution in [0.4, 0.5) is 5.69 Å². The van der Waals surface area contributed by atoms with Gasteiger partial charge in [0.2, 0.25) is 0 Å². The van der Waals surface area contributed by atoms with Gasteiger partial charge in [-0.1, -0.05) is 19.1 Å². The number of methoxy groups -OCH3 is 2. The van der Waals surface area contributed by atoms with E-state index in [1.807, 2.05) is 6.92 Å². The van der Waals surface area contributed by atoms with Gasteiger partial charge in [0.05, 0.1) is 24.5 Å². The third-order valence-corrected chi connectivity index (χ3v) is 7.26. The van der Waals surface area contributed by atoms with Crippen LogP contribution in [0, 0.1) is 5.92 Å². The molecule has 2 N–H and O–H groups in total. The van der Waals surface area contributed by atoms with Crippen LogP contribution in [0.15, 0.2) is 47.4 Å². The van der Waals surface area contributed by atoms with Crippen LogP contribution in [-0.4, -0.2) is 72.3 Å². The van der Waals surface area contributed by atoms with Crippen molar-refractivity contribution >= 4 is 21.6 Å². The number of carbonyl (C=O) groups excluding carboxylic acids is 1. The molecule has 0 saturated carbocycles. The number of nitrogens with zero attached hydrogens (tertiary/aromatic N) is 1. The molecule has 0 fully saturated rings. The number of hydrogen-bond acceptors (Lipinski definition) is 7. The molecule has 0 saturated heterocycles. The lowest BCUT2D eigenvalue weighted by Gasteiger charge is -2.30. The molecule has 0 spiro atoms. The number of nitrogens with one attached hydrogen (secondary N) is 2. The lowest BCUT2D eigenvalue weighted by atomic mass is 10.0. The lowest BCUT2D eigenvalue weighted by molar-refractivity contribution is 0.0281. The van der Waals surface area contributed by atoms with E-state index in [1.54, 1.807) is 49.4 Å². The summed E-state index contributed by atoms with van der Waals surface area (Å²) in [5, 5.41) is 3.42. The van der Waals surface area contributed by atoms with Gasteiger partial charge in [-0.25, -0.2) is 8.42 Å². The molecule has 9 nitrogen and oxygen atoms in total. The van der Waals surface area contributed by atoms with Crippen molar-refractivity contribution in [2.24, 2.45) is 5.92 Å². The average molecular weight is 492 g/mol. The topological polar surface area (TPSA) is 106 Å². The van der Waals surface area contributed by atoms with Crippen LogP contribution in [0.1, 0.15) is 24.2 Å². The van der Waals surface area contributed by atoms with Gasteiger partial charge in [0.1, 0.15) is 23.0 Å². The number of sulfonamides is 1. The molecular weight excluding hydrogens is 458 g/mol. The second kappa shape index (κ2) is 11.1. The van der Waals surface area contributed by atoms with Crippen molar-refractivity contribution in [1.82, 2.24) is 10.2 Å². The zero-order chi connectivity index (χ0) is 24.9. The number of fused-ring (bicyclic) bond motifs is 1. The summed E-state index contributed by atoms with van der Waals surface area (Å²) in [6.45, 7) is 5.48. The quantitative estimate of drug-likeness (QED) is 0.662. The third kappa shape index (κ3) is 5.99. The Kier molecular flexibility index (Phi) is 8.40. The van der Waals surface area contributed by atoms with Crippen LogP contribution in [0.5, 0.6) is 11.5 Å². The highest BCUT2D eigenvalue weighted by molar-refractivity contribution is 7.92. The van der Waals surface area contributed by atoms with E-state index in [4.69, 9.17) is 14.2 Å². The number of ether oxygens (including phenoxy) is 3. The molecule has 3 atom stereocenters. The Morgan fingerprint density at radius 2 is 1.88 bits per heavy atom. The molecule has 2 aromatic rings. The standard InChI is InChI=1S/C24H33N3O6S/c1-16-13-25-17(2)15-33-21-12-18(10-11-19(21)24(28)27(3)14-22(16)32-5)26-34(29,30)23-9-7-6-8-20(23)31-4/h6-12,16-17,22,25-26H,13-15H2,1-5H3/t16-,17-,22-/m0/s1. The molecule has 0 bridgehead atoms. The predicted octanol–water partition coefficient (Wildman–Crippen LogP) is 2.59. The van der Waals surface area contributed by atoms with Crippen molar-refractivity contribution in [3.63, 3.8) is 0 Å². The number of hydrogen-bond donors (Lipinski definition) is 2. The summed E-state index contributed by atoms with van der Waals surface area (Å²) in [6, 6.07) is 11.0. The maximum atomic E-state index is 13.2. The maximum absolute atomic E-state index is 13.2. The molecule has 1 heterocycles. The summed E-state index contributed by atoms with van der Waals surface area (Å²) in [7, 11) is 0.842. The number of benzene rings is 2. The minimum atomic E-state index is -3.93. The van der Waals surface area contributed by atoms with Gasteiger partial charge in [0.25, 0.3) is 15.9 Å². The first kappa shape index (κ1) is 25.8. The largest absolute Gasteiger partial charge is 0.495 e. The average Bonchev–Trinajstić information content (AvgIpc) is 2.83. The van der Waals surface area contributed by atoms with E-state index in [0.29, 0.717) is 31.0 Å². The summed E-state index contributed by atoms with van der Waals surface area (Å²) < 4.78 is 45.4. The first-order valence-electron chi connectivity index (χ1n) is 11.1. The Labute approximate surface area is 201 Å². The summed E-state index contributed by atoms with van der Waals surface area (Å²) >= 11 is 0. The Morgan fingerprint density at radius 1 is 1.15 bits per heavy atom. The van der Waals surface area contributed by atoms with E-state index >= 15 is 0 Å². The number of carbonyl (C=O) groups is 1. The molecular formula is C24H33N3O6S. The second-order valence-corrected chi connectivity index (χ2v) is 10.2. The van der Waals surface area contributed by atoms with Gasteiger partial charge in [0, 0.05) is 39.4 Å². The van der Waals surface area contributed by atoms with Crippen molar-refractivity contribution in [3.8, 4) is 11.5 Å². The normalized spacial score (nSPS) is 22.1. The molecule has 1 amide bonds. The molecule has 1 aliphatic rings. The summed E-state index contributed by atoms with van der Waals surface area (Å²) in [4.78, 5) is 14.8. The monoisotopic (exact) mass is 491 g/mol. The van der Waals surface area contributed by atoms with Crippen molar-refractivity contribution in [3.05, 3.63) is 48.0 Å². The van der Waals surface area contributed by atoms with Gasteiger partial charge in [-0.15, -0.1) is 0 Å². The predicted molar refractivity (Wildman–Crippen MR) is 130 cm³/mol. The zero-order valence-corrected chi connectivity index (χ0v) is 21.0. The van der Waals surface area contributed by atoms with E-state index in [1.165, 1.54) is 19.2 Å². The van der Waals surface area contributed by atoms with Crippen LogP contribution < -0.4 is 19.5 Å². The highest BCUT2D eigenvalue weighted by Gasteiger charge is 2.26. The Balaban J connectivity index is 1.94. The van der Waals surface area contributed by atoms with E-state index in [0.717, 1.165) is 0 Å². The number of para-hydroxylation sites is 1. The van der Waals surface area contributed by atoms with Gasteiger partial charge < -0.3 is 24.4 Å². The van der Waals surface area contributed by atoms with Gasteiger partial charge in [0.15, 0.2) is 0 Å². The van der Waals surface area contributed by atoms with Crippen LogP contribution >= 0.6 is 0 Å². The maximum Gasteiger partial charge on any atom is 0.265 e. The molecule has 186 valence electrons. The molecule has 2 aromatic carbocycles. The van der Waals surface area contributed by atoms with Crippen molar-refractivity contribution in [2.75, 3.05) is 45.7 Å². The molecule has 1 aliphatic heterocycles. The minimum Gasteiger partial charge on any atom is -0.495 e. The van der Waals surface area contributed by atoms with Gasteiger partial charge in [-0.2, -0.15) is 0 Å². The second-order valence-electron chi connectivity index (χ2n) is 8.52. The first-order valence-corrected chi connectivity index (χ1v) is 12.6. The molecule has 10 heteroatoms. The smallest absolute Gasteiger partial charge is 0.265 e. The van der Waals surface area contributed by atoms with Crippen LogP contribution in [0.3, 0.4) is 0 Å². The third-order valence-electron chi connectivity index (χ3n) is 5.84. The summed E-state index contributed by atoms with van der Waals surface area (Å²) in [5.74, 6) is 0.488. The number of anilines is 1. The molecule has 3 rings (SSSR count). The van der Waals surface area contributed by atoms with Gasteiger partial charge in [-0.05, 0) is 37.1 Å². The molecule has 0 aliphatic carbocycles. The zero-order valence-electron chi connectivity index (χ0n) is 20.2. The number of amides is 1. The Bertz CT molecular complexity index is 1110. The van der Waals surface area contributed by atoms with Gasteiger partial charge >= 0.3 is 0 Å². The molecule has 0 unspecified atom stereocenters. The molecule has 0 radical (unpaired) electrons. The summed E-state index contributed by atoms with van der Waals surface area (Å²) in [5.41, 5.74) is 0.620. The number of rotatable bonds is 5. The fourth-order valence-electron chi connectivity index (χ4n) is 3.77. The van der Waals surface area contributed by atoms with E-state index in [9.17, 15) is 13.2 Å². The van der Waals surface area contributed by atoms with Gasteiger partial charge in [-0.3, -0.25) is 9.52 Å². The minimum absolute atomic E-state index is 0.00833. The van der Waals surface area contributed by atoms with E-state index < -0.39 is 10.0 Å². The fourth-order valence-corrected chi connectivity index (χ4v) is 4.99. The first-order chi connectivity index (χ1) is 16.2. The highest BCUT2D eigenvalue weighted by Crippen LogP contribution is 2.29.